The van der Waals surface area contributed by atoms with E-state index in [1.54, 1.807) is 0 Å². The molecule has 12 rings (SSSR count). The minimum atomic E-state index is 0.874. The first-order valence-electron chi connectivity index (χ1n) is 19.5. The maximum absolute atomic E-state index is 6.39. The van der Waals surface area contributed by atoms with Crippen LogP contribution in [0.25, 0.3) is 82.1 Å². The van der Waals surface area contributed by atoms with Crippen molar-refractivity contribution in [2.24, 2.45) is 0 Å². The van der Waals surface area contributed by atoms with E-state index in [0.29, 0.717) is 0 Å². The Morgan fingerprint density at radius 3 is 1.89 bits per heavy atom. The molecule has 0 spiro atoms. The van der Waals surface area contributed by atoms with Gasteiger partial charge >= 0.3 is 0 Å². The van der Waals surface area contributed by atoms with Crippen molar-refractivity contribution in [1.29, 1.82) is 0 Å². The zero-order valence-electron chi connectivity index (χ0n) is 30.9. The van der Waals surface area contributed by atoms with E-state index in [0.717, 1.165) is 45.3 Å². The molecular weight excluding hydrogens is 693 g/mol. The fourth-order valence-electron chi connectivity index (χ4n) is 9.05. The summed E-state index contributed by atoms with van der Waals surface area (Å²) in [4.78, 5) is 2.40. The second-order valence-electron chi connectivity index (χ2n) is 14.9. The van der Waals surface area contributed by atoms with Crippen LogP contribution in [0.1, 0.15) is 0 Å². The molecule has 0 saturated carbocycles. The van der Waals surface area contributed by atoms with Gasteiger partial charge in [-0.25, -0.2) is 0 Å². The van der Waals surface area contributed by atoms with E-state index in [4.69, 9.17) is 4.74 Å². The van der Waals surface area contributed by atoms with Gasteiger partial charge < -0.3 is 14.2 Å². The molecule has 0 atom stereocenters. The van der Waals surface area contributed by atoms with Gasteiger partial charge in [-0.1, -0.05) is 140 Å². The summed E-state index contributed by atoms with van der Waals surface area (Å²) in [5.41, 5.74) is 11.4. The summed E-state index contributed by atoms with van der Waals surface area (Å²) in [5.74, 6) is 1.76. The molecule has 0 fully saturated rings. The second kappa shape index (κ2) is 12.5. The van der Waals surface area contributed by atoms with Gasteiger partial charge in [0.05, 0.1) is 22.4 Å². The Hall–Kier alpha value is -7.62. The summed E-state index contributed by atoms with van der Waals surface area (Å²) >= 11 is 0. The fourth-order valence-corrected chi connectivity index (χ4v) is 9.05. The Labute approximate surface area is 329 Å². The van der Waals surface area contributed by atoms with E-state index in [1.807, 2.05) is 12.1 Å². The number of fused-ring (bicyclic) bond motifs is 9. The van der Waals surface area contributed by atoms with E-state index in [2.05, 4.69) is 204 Å². The van der Waals surface area contributed by atoms with Gasteiger partial charge in [-0.2, -0.15) is 0 Å². The van der Waals surface area contributed by atoms with Gasteiger partial charge in [-0.3, -0.25) is 0 Å². The third-order valence-electron chi connectivity index (χ3n) is 11.7. The lowest BCUT2D eigenvalue weighted by molar-refractivity contribution is 0.476. The monoisotopic (exact) mass is 726 g/mol. The van der Waals surface area contributed by atoms with Gasteiger partial charge in [0, 0.05) is 27.5 Å². The van der Waals surface area contributed by atoms with Crippen molar-refractivity contribution < 1.29 is 4.74 Å². The van der Waals surface area contributed by atoms with Gasteiger partial charge in [0.15, 0.2) is 11.5 Å². The molecule has 1 aliphatic heterocycles. The third kappa shape index (κ3) is 4.99. The normalized spacial score (nSPS) is 12.0. The zero-order chi connectivity index (χ0) is 37.5. The lowest BCUT2D eigenvalue weighted by Gasteiger charge is -2.27. The topological polar surface area (TPSA) is 17.4 Å². The van der Waals surface area contributed by atoms with Crippen LogP contribution in [0, 0.1) is 0 Å². The molecule has 11 aromatic rings. The van der Waals surface area contributed by atoms with Crippen molar-refractivity contribution in [1.82, 2.24) is 4.57 Å². The second-order valence-corrected chi connectivity index (χ2v) is 14.9. The molecule has 0 aliphatic carbocycles. The molecule has 0 bridgehead atoms. The molecule has 1 aromatic heterocycles. The van der Waals surface area contributed by atoms with Crippen LogP contribution < -0.4 is 9.64 Å². The summed E-state index contributed by atoms with van der Waals surface area (Å²) in [6, 6.07) is 74.6. The first kappa shape index (κ1) is 31.7. The Kier molecular flexibility index (Phi) is 6.93. The average Bonchev–Trinajstić information content (AvgIpc) is 3.62. The van der Waals surface area contributed by atoms with Gasteiger partial charge in [0.1, 0.15) is 0 Å². The predicted molar refractivity (Wildman–Crippen MR) is 239 cm³/mol. The number of benzene rings is 10. The molecule has 2 heterocycles. The zero-order valence-corrected chi connectivity index (χ0v) is 30.9. The number of nitrogens with zero attached hydrogens (tertiary/aromatic N) is 2. The molecule has 0 saturated heterocycles. The summed E-state index contributed by atoms with van der Waals surface area (Å²) in [5, 5.41) is 9.89. The number of para-hydroxylation sites is 3. The van der Waals surface area contributed by atoms with Crippen LogP contribution in [-0.4, -0.2) is 4.57 Å². The van der Waals surface area contributed by atoms with Crippen molar-refractivity contribution in [2.45, 2.75) is 0 Å². The van der Waals surface area contributed by atoms with Crippen molar-refractivity contribution >= 4 is 71.2 Å². The fraction of sp³-hybridized carbons (Fsp3) is 0. The Morgan fingerprint density at radius 1 is 0.351 bits per heavy atom. The minimum Gasteiger partial charge on any atom is -0.453 e. The molecule has 10 aromatic carbocycles. The predicted octanol–water partition coefficient (Wildman–Crippen LogP) is 15.2. The smallest absolute Gasteiger partial charge is 0.152 e. The lowest BCUT2D eigenvalue weighted by atomic mass is 9.97. The summed E-state index contributed by atoms with van der Waals surface area (Å²) in [6.45, 7) is 0. The minimum absolute atomic E-state index is 0.874. The third-order valence-corrected chi connectivity index (χ3v) is 11.7. The number of ether oxygens (including phenoxy) is 1. The number of hydrogen-bond donors (Lipinski definition) is 0. The first-order valence-corrected chi connectivity index (χ1v) is 19.5. The van der Waals surface area contributed by atoms with Crippen LogP contribution in [0.3, 0.4) is 0 Å². The molecular formula is C54H34N2O. The van der Waals surface area contributed by atoms with E-state index < -0.39 is 0 Å². The highest BCUT2D eigenvalue weighted by Crippen LogP contribution is 2.46. The van der Waals surface area contributed by atoms with Crippen LogP contribution in [-0.2, 0) is 0 Å². The van der Waals surface area contributed by atoms with E-state index in [1.165, 1.54) is 65.3 Å². The molecule has 57 heavy (non-hydrogen) atoms. The van der Waals surface area contributed by atoms with Crippen molar-refractivity contribution in [3.63, 3.8) is 0 Å². The van der Waals surface area contributed by atoms with Crippen LogP contribution >= 0.6 is 0 Å². The van der Waals surface area contributed by atoms with Crippen LogP contribution in [0.4, 0.5) is 17.1 Å². The lowest BCUT2D eigenvalue weighted by Crippen LogP contribution is -2.10. The van der Waals surface area contributed by atoms with Crippen LogP contribution in [0.15, 0.2) is 206 Å². The van der Waals surface area contributed by atoms with Crippen LogP contribution in [0.2, 0.25) is 0 Å². The molecule has 3 nitrogen and oxygen atoms in total. The van der Waals surface area contributed by atoms with Crippen molar-refractivity contribution in [3.05, 3.63) is 206 Å². The Bertz CT molecular complexity index is 3390. The van der Waals surface area contributed by atoms with E-state index >= 15 is 0 Å². The van der Waals surface area contributed by atoms with Crippen molar-refractivity contribution in [2.75, 3.05) is 4.90 Å². The molecule has 0 amide bonds. The molecule has 1 aliphatic rings. The first-order chi connectivity index (χ1) is 28.2. The maximum Gasteiger partial charge on any atom is 0.152 e. The number of hydrogen-bond acceptors (Lipinski definition) is 2. The van der Waals surface area contributed by atoms with E-state index in [9.17, 15) is 0 Å². The Morgan fingerprint density at radius 2 is 0.982 bits per heavy atom. The van der Waals surface area contributed by atoms with Gasteiger partial charge in [-0.05, 0) is 116 Å². The van der Waals surface area contributed by atoms with E-state index in [-0.39, 0.29) is 0 Å². The van der Waals surface area contributed by atoms with Crippen LogP contribution in [0.5, 0.6) is 11.5 Å². The summed E-state index contributed by atoms with van der Waals surface area (Å²) in [7, 11) is 0. The maximum atomic E-state index is 6.39. The largest absolute Gasteiger partial charge is 0.453 e. The van der Waals surface area contributed by atoms with Gasteiger partial charge in [-0.15, -0.1) is 0 Å². The molecule has 0 radical (unpaired) electrons. The molecule has 266 valence electrons. The molecule has 0 unspecified atom stereocenters. The summed E-state index contributed by atoms with van der Waals surface area (Å²) in [6.07, 6.45) is 0. The highest BCUT2D eigenvalue weighted by atomic mass is 16.5. The number of aromatic nitrogens is 1. The Balaban J connectivity index is 0.978. The van der Waals surface area contributed by atoms with Gasteiger partial charge in [0.2, 0.25) is 0 Å². The highest BCUT2D eigenvalue weighted by Gasteiger charge is 2.24. The van der Waals surface area contributed by atoms with Gasteiger partial charge in [0.25, 0.3) is 0 Å². The number of anilines is 3. The average molecular weight is 727 g/mol. The molecule has 3 heteroatoms. The highest BCUT2D eigenvalue weighted by molar-refractivity contribution is 6.13. The van der Waals surface area contributed by atoms with Crippen molar-refractivity contribution in [3.8, 4) is 39.4 Å². The quantitative estimate of drug-likeness (QED) is 0.164. The summed E-state index contributed by atoms with van der Waals surface area (Å²) < 4.78 is 8.74. The SMILES string of the molecule is c1cc(-c2ccc3c(c2)c2cccc4c2n3-c2ccccc2O4)cc(N(c2ccc(-c3ccc4c(ccc5ccccc54)c3)cc2)c2cccc3ccccc23)c1. The molecule has 0 N–H and O–H groups in total. The number of rotatable bonds is 5. The standard InChI is InChI=1S/C54H34N2O/c1-3-15-44-37(11-1)22-23-41-32-39(26-30-45(41)44)35-24-28-42(29-25-35)55(49-19-8-12-36-10-2-4-16-46(36)49)43-14-7-13-38(33-43)40-27-31-50-48(34-40)47-17-9-21-53-54(47)56(50)51-18-5-6-20-52(51)57-53/h1-34H.